The second-order valence-electron chi connectivity index (χ2n) is 3.98. The number of hydrogen-bond donors (Lipinski definition) is 2. The minimum Gasteiger partial charge on any atom is -0.329 e. The predicted molar refractivity (Wildman–Crippen MR) is 48.4 cm³/mol. The van der Waals surface area contributed by atoms with E-state index in [0.717, 1.165) is 19.0 Å². The van der Waals surface area contributed by atoms with Gasteiger partial charge in [0.2, 0.25) is 0 Å². The molecule has 0 amide bonds. The number of rotatable bonds is 5. The van der Waals surface area contributed by atoms with Crippen LogP contribution >= 0.6 is 0 Å². The van der Waals surface area contributed by atoms with Gasteiger partial charge in [-0.3, -0.25) is 0 Å². The van der Waals surface area contributed by atoms with E-state index in [1.165, 1.54) is 19.4 Å². The topological polar surface area (TPSA) is 38.0 Å². The Labute approximate surface area is 69.5 Å². The molecule has 3 N–H and O–H groups in total. The molecule has 1 rings (SSSR count). The minimum atomic E-state index is 0.634. The van der Waals surface area contributed by atoms with Crippen molar-refractivity contribution < 1.29 is 0 Å². The van der Waals surface area contributed by atoms with Gasteiger partial charge in [0.1, 0.15) is 0 Å². The minimum absolute atomic E-state index is 0.634. The summed E-state index contributed by atoms with van der Waals surface area (Å²) in [7, 11) is 0. The Morgan fingerprint density at radius 2 is 2.09 bits per heavy atom. The molecule has 0 aromatic carbocycles. The van der Waals surface area contributed by atoms with Crippen LogP contribution in [0.2, 0.25) is 0 Å². The Kier molecular flexibility index (Phi) is 2.90. The molecule has 2 heteroatoms. The molecule has 11 heavy (non-hydrogen) atoms. The summed E-state index contributed by atoms with van der Waals surface area (Å²) in [4.78, 5) is 0. The van der Waals surface area contributed by atoms with Crippen molar-refractivity contribution in [3.8, 4) is 0 Å². The zero-order chi connectivity index (χ0) is 8.32. The van der Waals surface area contributed by atoms with Crippen LogP contribution in [0.4, 0.5) is 0 Å². The fourth-order valence-corrected chi connectivity index (χ4v) is 1.56. The van der Waals surface area contributed by atoms with E-state index in [2.05, 4.69) is 19.2 Å². The quantitative estimate of drug-likeness (QED) is 0.582. The second kappa shape index (κ2) is 3.55. The highest BCUT2D eigenvalue weighted by Gasteiger charge is 2.44. The van der Waals surface area contributed by atoms with E-state index < -0.39 is 0 Å². The van der Waals surface area contributed by atoms with Crippen LogP contribution in [0.15, 0.2) is 0 Å². The molecule has 0 bridgehead atoms. The zero-order valence-electron chi connectivity index (χ0n) is 7.69. The summed E-state index contributed by atoms with van der Waals surface area (Å²) in [5.74, 6) is 0.827. The van der Waals surface area contributed by atoms with Gasteiger partial charge in [-0.2, -0.15) is 0 Å². The molecule has 1 aliphatic carbocycles. The summed E-state index contributed by atoms with van der Waals surface area (Å²) in [6, 6.07) is 0. The third-order valence-corrected chi connectivity index (χ3v) is 2.92. The fraction of sp³-hybridized carbons (Fsp3) is 1.00. The van der Waals surface area contributed by atoms with Crippen molar-refractivity contribution in [2.75, 3.05) is 19.6 Å². The highest BCUT2D eigenvalue weighted by atomic mass is 14.9. The van der Waals surface area contributed by atoms with Crippen LogP contribution in [0.5, 0.6) is 0 Å². The lowest BCUT2D eigenvalue weighted by molar-refractivity contribution is 0.340. The molecule has 0 aromatic rings. The molecule has 2 nitrogen and oxygen atoms in total. The highest BCUT2D eigenvalue weighted by molar-refractivity contribution is 4.96. The maximum absolute atomic E-state index is 5.39. The Morgan fingerprint density at radius 3 is 2.45 bits per heavy atom. The molecule has 66 valence electrons. The molecule has 0 heterocycles. The fourth-order valence-electron chi connectivity index (χ4n) is 1.56. The van der Waals surface area contributed by atoms with E-state index in [1.807, 2.05) is 0 Å². The van der Waals surface area contributed by atoms with Gasteiger partial charge in [-0.15, -0.1) is 0 Å². The second-order valence-corrected chi connectivity index (χ2v) is 3.98. The number of nitrogens with one attached hydrogen (secondary N) is 1. The Hall–Kier alpha value is -0.0800. The molecular weight excluding hydrogens is 136 g/mol. The normalized spacial score (nSPS) is 20.7. The Morgan fingerprint density at radius 1 is 1.45 bits per heavy atom. The van der Waals surface area contributed by atoms with Crippen molar-refractivity contribution in [2.45, 2.75) is 26.7 Å². The summed E-state index contributed by atoms with van der Waals surface area (Å²) in [6.07, 6.45) is 2.81. The van der Waals surface area contributed by atoms with Gasteiger partial charge in [-0.1, -0.05) is 13.8 Å². The Balaban J connectivity index is 2.14. The van der Waals surface area contributed by atoms with Gasteiger partial charge < -0.3 is 11.1 Å². The van der Waals surface area contributed by atoms with E-state index in [0.29, 0.717) is 5.41 Å². The molecule has 0 spiro atoms. The lowest BCUT2D eigenvalue weighted by atomic mass is 9.92. The maximum atomic E-state index is 5.39. The third kappa shape index (κ3) is 2.17. The van der Waals surface area contributed by atoms with Gasteiger partial charge >= 0.3 is 0 Å². The molecule has 1 aliphatic rings. The van der Waals surface area contributed by atoms with E-state index in [4.69, 9.17) is 5.73 Å². The van der Waals surface area contributed by atoms with Crippen LogP contribution in [-0.4, -0.2) is 19.6 Å². The third-order valence-electron chi connectivity index (χ3n) is 2.92. The molecule has 0 radical (unpaired) electrons. The first-order chi connectivity index (χ1) is 5.21. The Bertz CT molecular complexity index is 117. The monoisotopic (exact) mass is 156 g/mol. The lowest BCUT2D eigenvalue weighted by Gasteiger charge is -2.19. The SMILES string of the molecule is CC(C)C1(CNCCN)CC1. The van der Waals surface area contributed by atoms with E-state index >= 15 is 0 Å². The van der Waals surface area contributed by atoms with E-state index in [-0.39, 0.29) is 0 Å². The molecule has 0 aromatic heterocycles. The average Bonchev–Trinajstić information content (AvgIpc) is 2.70. The van der Waals surface area contributed by atoms with Crippen LogP contribution in [0.25, 0.3) is 0 Å². The van der Waals surface area contributed by atoms with E-state index in [9.17, 15) is 0 Å². The van der Waals surface area contributed by atoms with Crippen molar-refractivity contribution in [1.82, 2.24) is 5.32 Å². The molecule has 0 atom stereocenters. The van der Waals surface area contributed by atoms with Gasteiger partial charge in [0.15, 0.2) is 0 Å². The molecule has 1 fully saturated rings. The summed E-state index contributed by atoms with van der Waals surface area (Å²) in [5, 5.41) is 3.39. The van der Waals surface area contributed by atoms with E-state index in [1.54, 1.807) is 0 Å². The van der Waals surface area contributed by atoms with Crippen LogP contribution in [0.1, 0.15) is 26.7 Å². The van der Waals surface area contributed by atoms with Crippen molar-refractivity contribution in [3.63, 3.8) is 0 Å². The predicted octanol–water partition coefficient (Wildman–Crippen LogP) is 0.971. The van der Waals surface area contributed by atoms with Gasteiger partial charge in [-0.25, -0.2) is 0 Å². The summed E-state index contributed by atoms with van der Waals surface area (Å²) >= 11 is 0. The van der Waals surface area contributed by atoms with Crippen molar-refractivity contribution in [3.05, 3.63) is 0 Å². The first-order valence-electron chi connectivity index (χ1n) is 4.62. The molecule has 1 saturated carbocycles. The van der Waals surface area contributed by atoms with Crippen LogP contribution in [0, 0.1) is 11.3 Å². The molecular formula is C9H20N2. The summed E-state index contributed by atoms with van der Waals surface area (Å²) in [6.45, 7) is 7.53. The number of hydrogen-bond acceptors (Lipinski definition) is 2. The first-order valence-corrected chi connectivity index (χ1v) is 4.62. The van der Waals surface area contributed by atoms with Crippen LogP contribution in [0.3, 0.4) is 0 Å². The highest BCUT2D eigenvalue weighted by Crippen LogP contribution is 2.51. The smallest absolute Gasteiger partial charge is 0.00747 e. The van der Waals surface area contributed by atoms with Crippen molar-refractivity contribution >= 4 is 0 Å². The molecule has 0 unspecified atom stereocenters. The van der Waals surface area contributed by atoms with Crippen LogP contribution < -0.4 is 11.1 Å². The summed E-state index contributed by atoms with van der Waals surface area (Å²) in [5.41, 5.74) is 6.03. The largest absolute Gasteiger partial charge is 0.329 e. The first kappa shape index (κ1) is 9.01. The average molecular weight is 156 g/mol. The molecule has 0 aliphatic heterocycles. The van der Waals surface area contributed by atoms with Crippen molar-refractivity contribution in [2.24, 2.45) is 17.1 Å². The van der Waals surface area contributed by atoms with Gasteiger partial charge in [-0.05, 0) is 24.2 Å². The van der Waals surface area contributed by atoms with Gasteiger partial charge in [0.25, 0.3) is 0 Å². The van der Waals surface area contributed by atoms with Crippen LogP contribution in [-0.2, 0) is 0 Å². The zero-order valence-corrected chi connectivity index (χ0v) is 7.69. The maximum Gasteiger partial charge on any atom is 0.00747 e. The van der Waals surface area contributed by atoms with Crippen molar-refractivity contribution in [1.29, 1.82) is 0 Å². The molecule has 0 saturated heterocycles. The standard InChI is InChI=1S/C9H20N2/c1-8(2)9(3-4-9)7-11-6-5-10/h8,11H,3-7,10H2,1-2H3. The van der Waals surface area contributed by atoms with Gasteiger partial charge in [0.05, 0.1) is 0 Å². The lowest BCUT2D eigenvalue weighted by Crippen LogP contribution is -2.31. The van der Waals surface area contributed by atoms with Gasteiger partial charge in [0, 0.05) is 19.6 Å². The number of nitrogens with two attached hydrogens (primary N) is 1. The summed E-state index contributed by atoms with van der Waals surface area (Å²) < 4.78 is 0.